The van der Waals surface area contributed by atoms with Crippen LogP contribution < -0.4 is 20.1 Å². The van der Waals surface area contributed by atoms with Crippen LogP contribution in [-0.2, 0) is 4.74 Å². The van der Waals surface area contributed by atoms with Crippen molar-refractivity contribution in [2.45, 2.75) is 13.8 Å². The topological polar surface area (TPSA) is 57.0 Å². The van der Waals surface area contributed by atoms with Gasteiger partial charge >= 0.3 is 0 Å². The Morgan fingerprint density at radius 2 is 1.68 bits per heavy atom. The summed E-state index contributed by atoms with van der Waals surface area (Å²) >= 11 is 0. The molecule has 1 saturated heterocycles. The van der Waals surface area contributed by atoms with Gasteiger partial charge < -0.3 is 24.8 Å². The molecule has 0 aliphatic carbocycles. The Morgan fingerprint density at radius 1 is 1.11 bits per heavy atom. The third-order valence-corrected chi connectivity index (χ3v) is 3.07. The second-order valence-electron chi connectivity index (χ2n) is 4.29. The van der Waals surface area contributed by atoms with Crippen LogP contribution in [0.2, 0.25) is 0 Å². The lowest BCUT2D eigenvalue weighted by atomic mass is 10.2. The van der Waals surface area contributed by atoms with Crippen molar-refractivity contribution in [2.75, 3.05) is 50.2 Å². The Morgan fingerprint density at radius 3 is 2.32 bits per heavy atom. The summed E-state index contributed by atoms with van der Waals surface area (Å²) in [6.45, 7) is 8.19. The number of hydrogen-bond acceptors (Lipinski definition) is 5. The molecular formula is C14H22N2O3. The summed E-state index contributed by atoms with van der Waals surface area (Å²) < 4.78 is 16.6. The summed E-state index contributed by atoms with van der Waals surface area (Å²) in [5, 5.41) is 0. The summed E-state index contributed by atoms with van der Waals surface area (Å²) in [4.78, 5) is 2.20. The van der Waals surface area contributed by atoms with Crippen LogP contribution in [0.5, 0.6) is 11.5 Å². The molecule has 0 unspecified atom stereocenters. The molecular weight excluding hydrogens is 244 g/mol. The normalized spacial score (nSPS) is 15.4. The molecule has 1 fully saturated rings. The molecule has 1 aliphatic heterocycles. The number of anilines is 2. The van der Waals surface area contributed by atoms with E-state index in [2.05, 4.69) is 4.90 Å². The third kappa shape index (κ3) is 3.04. The van der Waals surface area contributed by atoms with Gasteiger partial charge in [0.2, 0.25) is 0 Å². The standard InChI is InChI=1S/C14H22N2O3/c1-3-18-11-5-6-12(19-4-2)14(13(11)15)16-7-9-17-10-8-16/h5-6H,3-4,7-10,15H2,1-2H3. The number of rotatable bonds is 5. The van der Waals surface area contributed by atoms with Crippen LogP contribution in [0, 0.1) is 0 Å². The lowest BCUT2D eigenvalue weighted by Crippen LogP contribution is -2.37. The molecule has 5 nitrogen and oxygen atoms in total. The van der Waals surface area contributed by atoms with Gasteiger partial charge in [0, 0.05) is 13.1 Å². The Balaban J connectivity index is 2.36. The zero-order chi connectivity index (χ0) is 13.7. The first kappa shape index (κ1) is 13.8. The molecule has 106 valence electrons. The fraction of sp³-hybridized carbons (Fsp3) is 0.571. The monoisotopic (exact) mass is 266 g/mol. The lowest BCUT2D eigenvalue weighted by molar-refractivity contribution is 0.122. The van der Waals surface area contributed by atoms with E-state index in [9.17, 15) is 0 Å². The number of nitrogen functional groups attached to an aromatic ring is 1. The highest BCUT2D eigenvalue weighted by Crippen LogP contribution is 2.41. The first-order valence-electron chi connectivity index (χ1n) is 6.78. The minimum atomic E-state index is 0.598. The summed E-state index contributed by atoms with van der Waals surface area (Å²) in [6, 6.07) is 3.80. The first-order valence-corrected chi connectivity index (χ1v) is 6.78. The van der Waals surface area contributed by atoms with Crippen molar-refractivity contribution in [3.8, 4) is 11.5 Å². The van der Waals surface area contributed by atoms with Crippen molar-refractivity contribution in [3.05, 3.63) is 12.1 Å². The van der Waals surface area contributed by atoms with Gasteiger partial charge in [0.1, 0.15) is 22.9 Å². The average molecular weight is 266 g/mol. The predicted octanol–water partition coefficient (Wildman–Crippen LogP) is 1.90. The average Bonchev–Trinajstić information content (AvgIpc) is 2.43. The Labute approximate surface area is 114 Å². The van der Waals surface area contributed by atoms with Crippen LogP contribution in [0.4, 0.5) is 11.4 Å². The van der Waals surface area contributed by atoms with Crippen molar-refractivity contribution < 1.29 is 14.2 Å². The van der Waals surface area contributed by atoms with E-state index in [1.165, 1.54) is 0 Å². The number of benzene rings is 1. The highest BCUT2D eigenvalue weighted by molar-refractivity contribution is 5.80. The molecule has 0 amide bonds. The maximum Gasteiger partial charge on any atom is 0.144 e. The highest BCUT2D eigenvalue weighted by Gasteiger charge is 2.21. The number of nitrogens with zero attached hydrogens (tertiary/aromatic N) is 1. The largest absolute Gasteiger partial charge is 0.492 e. The van der Waals surface area contributed by atoms with E-state index in [4.69, 9.17) is 19.9 Å². The molecule has 0 saturated carbocycles. The molecule has 0 bridgehead atoms. The van der Waals surface area contributed by atoms with Gasteiger partial charge in [-0.05, 0) is 26.0 Å². The Hall–Kier alpha value is -1.62. The van der Waals surface area contributed by atoms with Crippen LogP contribution in [-0.4, -0.2) is 39.5 Å². The van der Waals surface area contributed by atoms with Crippen molar-refractivity contribution in [3.63, 3.8) is 0 Å². The zero-order valence-corrected chi connectivity index (χ0v) is 11.6. The van der Waals surface area contributed by atoms with E-state index in [1.807, 2.05) is 26.0 Å². The summed E-state index contributed by atoms with van der Waals surface area (Å²) in [6.07, 6.45) is 0. The molecule has 2 rings (SSSR count). The molecule has 2 N–H and O–H groups in total. The van der Waals surface area contributed by atoms with E-state index >= 15 is 0 Å². The van der Waals surface area contributed by atoms with Gasteiger partial charge in [-0.25, -0.2) is 0 Å². The molecule has 0 aromatic heterocycles. The van der Waals surface area contributed by atoms with Crippen LogP contribution in [0.15, 0.2) is 12.1 Å². The summed E-state index contributed by atoms with van der Waals surface area (Å²) in [5.41, 5.74) is 7.82. The predicted molar refractivity (Wildman–Crippen MR) is 76.2 cm³/mol. The van der Waals surface area contributed by atoms with Gasteiger partial charge in [0.25, 0.3) is 0 Å². The number of ether oxygens (including phenoxy) is 3. The second kappa shape index (κ2) is 6.52. The van der Waals surface area contributed by atoms with Gasteiger partial charge in [-0.3, -0.25) is 0 Å². The number of hydrogen-bond donors (Lipinski definition) is 1. The minimum Gasteiger partial charge on any atom is -0.492 e. The van der Waals surface area contributed by atoms with Gasteiger partial charge in [0.15, 0.2) is 0 Å². The van der Waals surface area contributed by atoms with Gasteiger partial charge in [-0.1, -0.05) is 0 Å². The molecule has 0 radical (unpaired) electrons. The minimum absolute atomic E-state index is 0.598. The van der Waals surface area contributed by atoms with Crippen molar-refractivity contribution in [1.82, 2.24) is 0 Å². The Bertz CT molecular complexity index is 417. The van der Waals surface area contributed by atoms with E-state index in [-0.39, 0.29) is 0 Å². The van der Waals surface area contributed by atoms with E-state index in [0.717, 1.165) is 24.5 Å². The second-order valence-corrected chi connectivity index (χ2v) is 4.29. The van der Waals surface area contributed by atoms with Crippen molar-refractivity contribution in [1.29, 1.82) is 0 Å². The quantitative estimate of drug-likeness (QED) is 0.825. The zero-order valence-electron chi connectivity index (χ0n) is 11.6. The highest BCUT2D eigenvalue weighted by atomic mass is 16.5. The van der Waals surface area contributed by atoms with Crippen LogP contribution >= 0.6 is 0 Å². The third-order valence-electron chi connectivity index (χ3n) is 3.07. The molecule has 0 atom stereocenters. The van der Waals surface area contributed by atoms with Crippen LogP contribution in [0.25, 0.3) is 0 Å². The molecule has 1 aromatic rings. The van der Waals surface area contributed by atoms with Gasteiger partial charge in [-0.2, -0.15) is 0 Å². The molecule has 1 aliphatic rings. The Kier molecular flexibility index (Phi) is 4.74. The van der Waals surface area contributed by atoms with E-state index in [0.29, 0.717) is 37.9 Å². The fourth-order valence-electron chi connectivity index (χ4n) is 2.24. The van der Waals surface area contributed by atoms with Crippen molar-refractivity contribution >= 4 is 11.4 Å². The molecule has 5 heteroatoms. The smallest absolute Gasteiger partial charge is 0.144 e. The van der Waals surface area contributed by atoms with Crippen LogP contribution in [0.1, 0.15) is 13.8 Å². The van der Waals surface area contributed by atoms with E-state index < -0.39 is 0 Å². The first-order chi connectivity index (χ1) is 9.27. The van der Waals surface area contributed by atoms with Gasteiger partial charge in [0.05, 0.1) is 26.4 Å². The molecule has 1 heterocycles. The lowest BCUT2D eigenvalue weighted by Gasteiger charge is -2.31. The van der Waals surface area contributed by atoms with Crippen molar-refractivity contribution in [2.24, 2.45) is 0 Å². The maximum absolute atomic E-state index is 6.24. The SMILES string of the molecule is CCOc1ccc(OCC)c(N2CCOCC2)c1N. The van der Waals surface area contributed by atoms with Gasteiger partial charge in [-0.15, -0.1) is 0 Å². The summed E-state index contributed by atoms with van der Waals surface area (Å²) in [7, 11) is 0. The molecule has 19 heavy (non-hydrogen) atoms. The summed E-state index contributed by atoms with van der Waals surface area (Å²) in [5.74, 6) is 1.53. The maximum atomic E-state index is 6.24. The van der Waals surface area contributed by atoms with E-state index in [1.54, 1.807) is 0 Å². The molecule has 1 aromatic carbocycles. The van der Waals surface area contributed by atoms with Crippen LogP contribution in [0.3, 0.4) is 0 Å². The molecule has 0 spiro atoms. The number of nitrogens with two attached hydrogens (primary N) is 1. The number of morpholine rings is 1. The fourth-order valence-corrected chi connectivity index (χ4v) is 2.24.